The quantitative estimate of drug-likeness (QED) is 0.891. The molecule has 2 nitrogen and oxygen atoms in total. The maximum atomic E-state index is 13.2. The first-order valence-corrected chi connectivity index (χ1v) is 8.11. The highest BCUT2D eigenvalue weighted by atomic mass is 19.1. The summed E-state index contributed by atoms with van der Waals surface area (Å²) in [6.07, 6.45) is 5.25. The van der Waals surface area contributed by atoms with Crippen LogP contribution in [0.2, 0.25) is 0 Å². The molecular weight excluding hydrogens is 265 g/mol. The largest absolute Gasteiger partial charge is 0.374 e. The van der Waals surface area contributed by atoms with Crippen LogP contribution in [-0.2, 0) is 11.2 Å². The van der Waals surface area contributed by atoms with Crippen molar-refractivity contribution in [3.8, 4) is 0 Å². The van der Waals surface area contributed by atoms with E-state index >= 15 is 0 Å². The number of nitrogens with two attached hydrogens (primary N) is 1. The highest BCUT2D eigenvalue weighted by molar-refractivity contribution is 5.28. The molecule has 0 aromatic heterocycles. The van der Waals surface area contributed by atoms with E-state index in [1.54, 1.807) is 6.07 Å². The molecule has 118 valence electrons. The van der Waals surface area contributed by atoms with Crippen molar-refractivity contribution in [2.24, 2.45) is 11.7 Å². The van der Waals surface area contributed by atoms with Gasteiger partial charge in [0.25, 0.3) is 0 Å². The Kier molecular flexibility index (Phi) is 5.39. The highest BCUT2D eigenvalue weighted by Crippen LogP contribution is 2.38. The van der Waals surface area contributed by atoms with Gasteiger partial charge < -0.3 is 10.5 Å². The van der Waals surface area contributed by atoms with Gasteiger partial charge in [-0.05, 0) is 62.3 Å². The SMILES string of the molecule is CCOC1(C(N)Cc2ccc(F)cc2C)CCCC(C)C1. The molecule has 1 aromatic rings. The summed E-state index contributed by atoms with van der Waals surface area (Å²) in [4.78, 5) is 0. The topological polar surface area (TPSA) is 35.2 Å². The molecule has 0 saturated heterocycles. The number of hydrogen-bond donors (Lipinski definition) is 1. The summed E-state index contributed by atoms with van der Waals surface area (Å²) in [6.45, 7) is 6.96. The van der Waals surface area contributed by atoms with Gasteiger partial charge in [-0.3, -0.25) is 0 Å². The zero-order valence-corrected chi connectivity index (χ0v) is 13.5. The Bertz CT molecular complexity index is 472. The molecule has 1 fully saturated rings. The zero-order chi connectivity index (χ0) is 15.5. The van der Waals surface area contributed by atoms with Crippen molar-refractivity contribution in [1.29, 1.82) is 0 Å². The molecule has 1 aliphatic rings. The predicted octanol–water partition coefficient (Wildman–Crippen LogP) is 3.99. The average molecular weight is 293 g/mol. The normalized spacial score (nSPS) is 27.6. The van der Waals surface area contributed by atoms with Gasteiger partial charge in [0.05, 0.1) is 5.60 Å². The lowest BCUT2D eigenvalue weighted by molar-refractivity contribution is -0.0925. The Morgan fingerprint density at radius 3 is 2.86 bits per heavy atom. The highest BCUT2D eigenvalue weighted by Gasteiger charge is 2.41. The van der Waals surface area contributed by atoms with Crippen molar-refractivity contribution in [3.63, 3.8) is 0 Å². The summed E-state index contributed by atoms with van der Waals surface area (Å²) < 4.78 is 19.4. The van der Waals surface area contributed by atoms with E-state index in [1.807, 2.05) is 19.9 Å². The van der Waals surface area contributed by atoms with E-state index in [2.05, 4.69) is 6.92 Å². The van der Waals surface area contributed by atoms with Crippen molar-refractivity contribution >= 4 is 0 Å². The fraction of sp³-hybridized carbons (Fsp3) is 0.667. The van der Waals surface area contributed by atoms with Crippen LogP contribution in [0, 0.1) is 18.7 Å². The van der Waals surface area contributed by atoms with Crippen molar-refractivity contribution in [2.75, 3.05) is 6.61 Å². The van der Waals surface area contributed by atoms with Crippen LogP contribution in [0.5, 0.6) is 0 Å². The van der Waals surface area contributed by atoms with E-state index in [4.69, 9.17) is 10.5 Å². The summed E-state index contributed by atoms with van der Waals surface area (Å²) in [5.41, 5.74) is 8.44. The number of rotatable bonds is 5. The standard InChI is InChI=1S/C18H28FNO/c1-4-21-18(9-5-6-13(2)12-18)17(20)11-15-7-8-16(19)10-14(15)3/h7-8,10,13,17H,4-6,9,11-12,20H2,1-3H3. The molecule has 3 unspecified atom stereocenters. The third kappa shape index (κ3) is 3.83. The molecule has 0 heterocycles. The smallest absolute Gasteiger partial charge is 0.123 e. The summed E-state index contributed by atoms with van der Waals surface area (Å²) in [5.74, 6) is 0.473. The van der Waals surface area contributed by atoms with Gasteiger partial charge in [0.15, 0.2) is 0 Å². The van der Waals surface area contributed by atoms with E-state index in [0.29, 0.717) is 12.5 Å². The van der Waals surface area contributed by atoms with E-state index in [1.165, 1.54) is 18.9 Å². The Labute approximate surface area is 127 Å². The number of halogens is 1. The Balaban J connectivity index is 2.16. The lowest BCUT2D eigenvalue weighted by Crippen LogP contribution is -2.53. The molecule has 1 aromatic carbocycles. The third-order valence-electron chi connectivity index (χ3n) is 4.84. The van der Waals surface area contributed by atoms with Crippen molar-refractivity contribution in [3.05, 3.63) is 35.1 Å². The maximum Gasteiger partial charge on any atom is 0.123 e. The minimum Gasteiger partial charge on any atom is -0.374 e. The van der Waals surface area contributed by atoms with Crippen LogP contribution in [-0.4, -0.2) is 18.2 Å². The maximum absolute atomic E-state index is 13.2. The number of aryl methyl sites for hydroxylation is 1. The van der Waals surface area contributed by atoms with Gasteiger partial charge in [0, 0.05) is 12.6 Å². The first-order valence-electron chi connectivity index (χ1n) is 8.11. The van der Waals surface area contributed by atoms with Crippen molar-refractivity contribution < 1.29 is 9.13 Å². The summed E-state index contributed by atoms with van der Waals surface area (Å²) in [6, 6.07) is 4.92. The van der Waals surface area contributed by atoms with Gasteiger partial charge in [-0.1, -0.05) is 25.8 Å². The minimum atomic E-state index is -0.215. The molecule has 0 radical (unpaired) electrons. The van der Waals surface area contributed by atoms with E-state index < -0.39 is 0 Å². The number of benzene rings is 1. The minimum absolute atomic E-state index is 0.0376. The van der Waals surface area contributed by atoms with Crippen LogP contribution in [0.3, 0.4) is 0 Å². The second-order valence-corrected chi connectivity index (χ2v) is 6.58. The van der Waals surface area contributed by atoms with Crippen LogP contribution >= 0.6 is 0 Å². The van der Waals surface area contributed by atoms with E-state index in [-0.39, 0.29) is 17.5 Å². The molecule has 0 bridgehead atoms. The molecule has 0 aliphatic heterocycles. The lowest BCUT2D eigenvalue weighted by atomic mass is 9.73. The molecule has 0 amide bonds. The zero-order valence-electron chi connectivity index (χ0n) is 13.5. The summed E-state index contributed by atoms with van der Waals surface area (Å²) in [7, 11) is 0. The third-order valence-corrected chi connectivity index (χ3v) is 4.84. The van der Waals surface area contributed by atoms with Crippen molar-refractivity contribution in [1.82, 2.24) is 0 Å². The number of ether oxygens (including phenoxy) is 1. The molecular formula is C18H28FNO. The van der Waals surface area contributed by atoms with Gasteiger partial charge in [-0.25, -0.2) is 4.39 Å². The molecule has 3 heteroatoms. The first kappa shape index (κ1) is 16.4. The fourth-order valence-corrected chi connectivity index (χ4v) is 3.72. The molecule has 21 heavy (non-hydrogen) atoms. The summed E-state index contributed by atoms with van der Waals surface area (Å²) in [5, 5.41) is 0. The summed E-state index contributed by atoms with van der Waals surface area (Å²) >= 11 is 0. The van der Waals surface area contributed by atoms with Crippen molar-refractivity contribution in [2.45, 2.75) is 64.5 Å². The van der Waals surface area contributed by atoms with Crippen LogP contribution in [0.25, 0.3) is 0 Å². The van der Waals surface area contributed by atoms with Gasteiger partial charge >= 0.3 is 0 Å². The molecule has 0 spiro atoms. The van der Waals surface area contributed by atoms with Crippen LogP contribution in [0.4, 0.5) is 4.39 Å². The Morgan fingerprint density at radius 2 is 2.24 bits per heavy atom. The van der Waals surface area contributed by atoms with Crippen LogP contribution < -0.4 is 5.73 Å². The van der Waals surface area contributed by atoms with Gasteiger partial charge in [-0.15, -0.1) is 0 Å². The van der Waals surface area contributed by atoms with E-state index in [9.17, 15) is 4.39 Å². The van der Waals surface area contributed by atoms with Gasteiger partial charge in [-0.2, -0.15) is 0 Å². The molecule has 3 atom stereocenters. The molecule has 1 saturated carbocycles. The van der Waals surface area contributed by atoms with Crippen LogP contribution in [0.15, 0.2) is 18.2 Å². The fourth-order valence-electron chi connectivity index (χ4n) is 3.72. The molecule has 1 aliphatic carbocycles. The van der Waals surface area contributed by atoms with E-state index in [0.717, 1.165) is 30.4 Å². The second kappa shape index (κ2) is 6.89. The molecule has 2 N–H and O–H groups in total. The second-order valence-electron chi connectivity index (χ2n) is 6.58. The Hall–Kier alpha value is -0.930. The Morgan fingerprint density at radius 1 is 1.48 bits per heavy atom. The van der Waals surface area contributed by atoms with Gasteiger partial charge in [0.1, 0.15) is 5.82 Å². The molecule has 2 rings (SSSR count). The average Bonchev–Trinajstić information content (AvgIpc) is 2.42. The van der Waals surface area contributed by atoms with Crippen LogP contribution in [0.1, 0.15) is 50.7 Å². The van der Waals surface area contributed by atoms with Gasteiger partial charge in [0.2, 0.25) is 0 Å². The monoisotopic (exact) mass is 293 g/mol. The number of hydrogen-bond acceptors (Lipinski definition) is 2. The first-order chi connectivity index (χ1) is 9.97. The lowest BCUT2D eigenvalue weighted by Gasteiger charge is -2.44. The predicted molar refractivity (Wildman–Crippen MR) is 84.8 cm³/mol.